The summed E-state index contributed by atoms with van der Waals surface area (Å²) in [5.74, 6) is -1.01. The molecule has 1 N–H and O–H groups in total. The molecule has 0 bridgehead atoms. The van der Waals surface area contributed by atoms with Gasteiger partial charge < -0.3 is 4.74 Å². The van der Waals surface area contributed by atoms with Crippen LogP contribution >= 0.6 is 0 Å². The molecule has 6 nitrogen and oxygen atoms in total. The number of benzene rings is 2. The van der Waals surface area contributed by atoms with Crippen LogP contribution in [-0.4, -0.2) is 21.4 Å². The molecular formula is C17H13F3N2O4S. The topological polar surface area (TPSA) is 96.3 Å². The second-order valence-electron chi connectivity index (χ2n) is 5.34. The summed E-state index contributed by atoms with van der Waals surface area (Å²) in [5.41, 5.74) is -1.71. The highest BCUT2D eigenvalue weighted by Gasteiger charge is 2.35. The molecule has 2 rings (SSSR count). The van der Waals surface area contributed by atoms with E-state index in [1.165, 1.54) is 25.3 Å². The maximum Gasteiger partial charge on any atom is 0.417 e. The zero-order chi connectivity index (χ0) is 20.2. The van der Waals surface area contributed by atoms with Crippen molar-refractivity contribution in [2.45, 2.75) is 17.7 Å². The smallest absolute Gasteiger partial charge is 0.380 e. The van der Waals surface area contributed by atoms with Gasteiger partial charge >= 0.3 is 6.18 Å². The Labute approximate surface area is 153 Å². The molecule has 0 radical (unpaired) electrons. The highest BCUT2D eigenvalue weighted by atomic mass is 32.2. The van der Waals surface area contributed by atoms with Gasteiger partial charge in [-0.3, -0.25) is 4.79 Å². The zero-order valence-corrected chi connectivity index (χ0v) is 14.7. The number of methoxy groups -OCH3 is 1. The second kappa shape index (κ2) is 7.77. The number of ether oxygens (including phenoxy) is 1. The summed E-state index contributed by atoms with van der Waals surface area (Å²) in [7, 11) is -3.21. The van der Waals surface area contributed by atoms with Gasteiger partial charge in [0.15, 0.2) is 0 Å². The quantitative estimate of drug-likeness (QED) is 0.836. The van der Waals surface area contributed by atoms with Crippen molar-refractivity contribution in [3.05, 3.63) is 64.7 Å². The Morgan fingerprint density at radius 3 is 2.48 bits per heavy atom. The Kier molecular flexibility index (Phi) is 5.88. The number of nitrogens with one attached hydrogen (secondary N) is 1. The molecule has 1 amide bonds. The first-order valence-electron chi connectivity index (χ1n) is 7.35. The second-order valence-corrected chi connectivity index (χ2v) is 7.02. The summed E-state index contributed by atoms with van der Waals surface area (Å²) in [6.07, 6.45) is -4.92. The molecule has 142 valence electrons. The lowest BCUT2D eigenvalue weighted by atomic mass is 10.1. The van der Waals surface area contributed by atoms with Gasteiger partial charge in [0.1, 0.15) is 0 Å². The van der Waals surface area contributed by atoms with Crippen molar-refractivity contribution in [1.82, 2.24) is 4.72 Å². The summed E-state index contributed by atoms with van der Waals surface area (Å²) >= 11 is 0. The third kappa shape index (κ3) is 4.64. The van der Waals surface area contributed by atoms with E-state index in [-0.39, 0.29) is 12.2 Å². The monoisotopic (exact) mass is 398 g/mol. The molecule has 10 heteroatoms. The van der Waals surface area contributed by atoms with Crippen LogP contribution in [0.5, 0.6) is 0 Å². The number of amides is 1. The maximum absolute atomic E-state index is 13.0. The molecule has 0 saturated heterocycles. The number of hydrogen-bond acceptors (Lipinski definition) is 5. The van der Waals surface area contributed by atoms with Crippen LogP contribution in [0.15, 0.2) is 47.4 Å². The van der Waals surface area contributed by atoms with E-state index in [0.29, 0.717) is 11.6 Å². The summed E-state index contributed by atoms with van der Waals surface area (Å²) < 4.78 is 70.4. The number of halogens is 3. The number of carbonyl (C=O) groups excluding carboxylic acids is 1. The Balaban J connectivity index is 2.40. The number of carbonyl (C=O) groups is 1. The first-order valence-corrected chi connectivity index (χ1v) is 8.84. The first-order chi connectivity index (χ1) is 12.6. The van der Waals surface area contributed by atoms with Crippen molar-refractivity contribution in [2.75, 3.05) is 7.11 Å². The molecule has 0 heterocycles. The average Bonchev–Trinajstić information content (AvgIpc) is 2.60. The lowest BCUT2D eigenvalue weighted by molar-refractivity contribution is -0.137. The van der Waals surface area contributed by atoms with Gasteiger partial charge in [0, 0.05) is 12.7 Å². The Hall–Kier alpha value is -2.90. The van der Waals surface area contributed by atoms with E-state index in [2.05, 4.69) is 0 Å². The van der Waals surface area contributed by atoms with Crippen molar-refractivity contribution in [2.24, 2.45) is 0 Å². The van der Waals surface area contributed by atoms with Gasteiger partial charge in [-0.1, -0.05) is 18.2 Å². The standard InChI is InChI=1S/C17H13F3N2O4S/c1-26-10-12-4-2-3-5-14(12)16(23)22-27(24,25)13-7-6-11(9-21)15(8-13)17(18,19)20/h2-8H,10H2,1H3,(H,22,23). The van der Waals surface area contributed by atoms with Crippen molar-refractivity contribution < 1.29 is 31.1 Å². The molecule has 27 heavy (non-hydrogen) atoms. The fourth-order valence-corrected chi connectivity index (χ4v) is 3.27. The van der Waals surface area contributed by atoms with Crippen LogP contribution in [0.4, 0.5) is 13.2 Å². The number of nitrogens with zero attached hydrogens (tertiary/aromatic N) is 1. The average molecular weight is 398 g/mol. The van der Waals surface area contributed by atoms with Gasteiger partial charge in [-0.15, -0.1) is 0 Å². The van der Waals surface area contributed by atoms with E-state index in [1.54, 1.807) is 16.9 Å². The normalized spacial score (nSPS) is 11.7. The van der Waals surface area contributed by atoms with Gasteiger partial charge in [0.25, 0.3) is 15.9 Å². The minimum atomic E-state index is -4.92. The van der Waals surface area contributed by atoms with Crippen LogP contribution in [0.2, 0.25) is 0 Å². The van der Waals surface area contributed by atoms with Crippen LogP contribution in [0.3, 0.4) is 0 Å². The van der Waals surface area contributed by atoms with E-state index in [1.807, 2.05) is 0 Å². The van der Waals surface area contributed by atoms with Crippen LogP contribution < -0.4 is 4.72 Å². The van der Waals surface area contributed by atoms with Crippen molar-refractivity contribution in [3.8, 4) is 6.07 Å². The molecule has 0 aliphatic rings. The molecule has 0 saturated carbocycles. The van der Waals surface area contributed by atoms with Gasteiger partial charge in [-0.2, -0.15) is 18.4 Å². The summed E-state index contributed by atoms with van der Waals surface area (Å²) in [4.78, 5) is 11.5. The predicted molar refractivity (Wildman–Crippen MR) is 88.0 cm³/mol. The lowest BCUT2D eigenvalue weighted by Crippen LogP contribution is -2.31. The number of nitriles is 1. The van der Waals surface area contributed by atoms with Gasteiger partial charge in [0.05, 0.1) is 28.7 Å². The Morgan fingerprint density at radius 2 is 1.89 bits per heavy atom. The largest absolute Gasteiger partial charge is 0.417 e. The summed E-state index contributed by atoms with van der Waals surface area (Å²) in [5, 5.41) is 8.77. The Morgan fingerprint density at radius 1 is 1.22 bits per heavy atom. The predicted octanol–water partition coefficient (Wildman–Crippen LogP) is 2.84. The zero-order valence-electron chi connectivity index (χ0n) is 13.9. The van der Waals surface area contributed by atoms with Crippen molar-refractivity contribution >= 4 is 15.9 Å². The van der Waals surface area contributed by atoms with Gasteiger partial charge in [-0.25, -0.2) is 13.1 Å². The molecule has 0 fully saturated rings. The molecule has 2 aromatic rings. The van der Waals surface area contributed by atoms with Crippen LogP contribution in [-0.2, 0) is 27.5 Å². The minimum Gasteiger partial charge on any atom is -0.380 e. The van der Waals surface area contributed by atoms with E-state index in [4.69, 9.17) is 10.00 Å². The number of sulfonamides is 1. The number of alkyl halides is 3. The van der Waals surface area contributed by atoms with Gasteiger partial charge in [-0.05, 0) is 29.8 Å². The number of rotatable bonds is 5. The lowest BCUT2D eigenvalue weighted by Gasteiger charge is -2.13. The molecular weight excluding hydrogens is 385 g/mol. The van der Waals surface area contributed by atoms with Crippen LogP contribution in [0, 0.1) is 11.3 Å². The summed E-state index contributed by atoms with van der Waals surface area (Å²) in [6, 6.07) is 9.26. The minimum absolute atomic E-state index is 0.00705. The highest BCUT2D eigenvalue weighted by Crippen LogP contribution is 2.33. The van der Waals surface area contributed by atoms with E-state index < -0.39 is 38.1 Å². The summed E-state index contributed by atoms with van der Waals surface area (Å²) in [6.45, 7) is 0.0404. The van der Waals surface area contributed by atoms with Crippen LogP contribution in [0.25, 0.3) is 0 Å². The van der Waals surface area contributed by atoms with Crippen LogP contribution in [0.1, 0.15) is 27.0 Å². The van der Waals surface area contributed by atoms with Crippen molar-refractivity contribution in [1.29, 1.82) is 5.26 Å². The highest BCUT2D eigenvalue weighted by molar-refractivity contribution is 7.90. The third-order valence-corrected chi connectivity index (χ3v) is 4.84. The Bertz CT molecular complexity index is 1010. The molecule has 0 spiro atoms. The van der Waals surface area contributed by atoms with Gasteiger partial charge in [0.2, 0.25) is 0 Å². The SMILES string of the molecule is COCc1ccccc1C(=O)NS(=O)(=O)c1ccc(C#N)c(C(F)(F)F)c1. The van der Waals surface area contributed by atoms with Crippen molar-refractivity contribution in [3.63, 3.8) is 0 Å². The molecule has 0 unspecified atom stereocenters. The molecule has 2 aromatic carbocycles. The molecule has 0 aliphatic carbocycles. The number of hydrogen-bond donors (Lipinski definition) is 1. The van der Waals surface area contributed by atoms with E-state index >= 15 is 0 Å². The molecule has 0 aliphatic heterocycles. The fraction of sp³-hybridized carbons (Fsp3) is 0.176. The maximum atomic E-state index is 13.0. The van der Waals surface area contributed by atoms with E-state index in [0.717, 1.165) is 12.1 Å². The molecule has 0 aromatic heterocycles. The van der Waals surface area contributed by atoms with E-state index in [9.17, 15) is 26.4 Å². The fourth-order valence-electron chi connectivity index (χ4n) is 2.28. The molecule has 0 atom stereocenters. The third-order valence-electron chi connectivity index (χ3n) is 3.52. The first kappa shape index (κ1) is 20.4.